The van der Waals surface area contributed by atoms with E-state index in [9.17, 15) is 5.11 Å². The number of aliphatic hydroxyl groups excluding tert-OH is 1. The van der Waals surface area contributed by atoms with Crippen LogP contribution in [0.2, 0.25) is 0 Å². The maximum absolute atomic E-state index is 9.55. The molecular weight excluding hydrogens is 316 g/mol. The number of fused-ring (bicyclic) bond motifs is 1. The smallest absolute Gasteiger partial charge is 0.163 e. The lowest BCUT2D eigenvalue weighted by Gasteiger charge is -2.34. The molecule has 0 bridgehead atoms. The number of aryl methyl sites for hydroxylation is 1. The Bertz CT molecular complexity index is 720. The van der Waals surface area contributed by atoms with Crippen LogP contribution in [0.1, 0.15) is 45.9 Å². The molecule has 2 aromatic rings. The fraction of sp³-hybridized carbons (Fsp3) is 0.722. The molecule has 138 valence electrons. The summed E-state index contributed by atoms with van der Waals surface area (Å²) in [5, 5.41) is 18.3. The van der Waals surface area contributed by atoms with Crippen molar-refractivity contribution < 1.29 is 5.11 Å². The number of aliphatic hydroxyl groups is 1. The lowest BCUT2D eigenvalue weighted by Crippen LogP contribution is -2.44. The minimum absolute atomic E-state index is 0.121. The first kappa shape index (κ1) is 18.1. The van der Waals surface area contributed by atoms with Crippen LogP contribution < -0.4 is 5.32 Å². The molecule has 1 aliphatic rings. The van der Waals surface area contributed by atoms with Crippen LogP contribution in [0.5, 0.6) is 0 Å². The molecule has 1 saturated heterocycles. The molecule has 2 N–H and O–H groups in total. The van der Waals surface area contributed by atoms with Crippen molar-refractivity contribution >= 4 is 16.9 Å². The SMILES string of the molecule is Cn1ncc2c(NCCN3CCCCC3CO)nc(C(C)(C)C)nc21. The Morgan fingerprint density at radius 3 is 2.80 bits per heavy atom. The summed E-state index contributed by atoms with van der Waals surface area (Å²) in [6.45, 7) is 9.36. The fourth-order valence-corrected chi connectivity index (χ4v) is 3.37. The summed E-state index contributed by atoms with van der Waals surface area (Å²) in [4.78, 5) is 11.8. The van der Waals surface area contributed by atoms with Crippen LogP contribution in [0, 0.1) is 0 Å². The second-order valence-corrected chi connectivity index (χ2v) is 7.95. The first-order valence-corrected chi connectivity index (χ1v) is 9.19. The molecule has 3 heterocycles. The standard InChI is InChI=1S/C18H30N6O/c1-18(2,3)17-21-15(14-11-20-23(4)16(14)22-17)19-8-10-24-9-6-5-7-13(24)12-25/h11,13,25H,5-10,12H2,1-4H3,(H,19,21,22). The molecule has 1 atom stereocenters. The number of rotatable bonds is 5. The molecule has 3 rings (SSSR count). The average Bonchev–Trinajstić information content (AvgIpc) is 2.96. The fourth-order valence-electron chi connectivity index (χ4n) is 3.37. The van der Waals surface area contributed by atoms with Gasteiger partial charge in [0.15, 0.2) is 5.65 Å². The highest BCUT2D eigenvalue weighted by atomic mass is 16.3. The van der Waals surface area contributed by atoms with Gasteiger partial charge in [0.2, 0.25) is 0 Å². The van der Waals surface area contributed by atoms with E-state index in [4.69, 9.17) is 9.97 Å². The van der Waals surface area contributed by atoms with E-state index in [0.29, 0.717) is 6.04 Å². The Morgan fingerprint density at radius 1 is 1.28 bits per heavy atom. The van der Waals surface area contributed by atoms with Crippen molar-refractivity contribution in [3.63, 3.8) is 0 Å². The predicted octanol–water partition coefficient (Wildman–Crippen LogP) is 1.92. The Balaban J connectivity index is 1.76. The van der Waals surface area contributed by atoms with Crippen LogP contribution in [0.15, 0.2) is 6.20 Å². The van der Waals surface area contributed by atoms with Crippen LogP contribution in [0.25, 0.3) is 11.0 Å². The summed E-state index contributed by atoms with van der Waals surface area (Å²) >= 11 is 0. The molecule has 1 fully saturated rings. The molecule has 0 spiro atoms. The highest BCUT2D eigenvalue weighted by molar-refractivity contribution is 5.86. The van der Waals surface area contributed by atoms with E-state index in [1.54, 1.807) is 4.68 Å². The van der Waals surface area contributed by atoms with Gasteiger partial charge in [-0.2, -0.15) is 5.10 Å². The van der Waals surface area contributed by atoms with E-state index in [1.165, 1.54) is 12.8 Å². The maximum atomic E-state index is 9.55. The number of nitrogens with one attached hydrogen (secondary N) is 1. The number of nitrogens with zero attached hydrogens (tertiary/aromatic N) is 5. The van der Waals surface area contributed by atoms with Crippen LogP contribution in [0.4, 0.5) is 5.82 Å². The van der Waals surface area contributed by atoms with Crippen LogP contribution >= 0.6 is 0 Å². The number of anilines is 1. The number of hydrogen-bond donors (Lipinski definition) is 2. The Hall–Kier alpha value is -1.73. The quantitative estimate of drug-likeness (QED) is 0.861. The summed E-state index contributed by atoms with van der Waals surface area (Å²) in [5.41, 5.74) is 0.734. The van der Waals surface area contributed by atoms with Gasteiger partial charge in [-0.05, 0) is 19.4 Å². The zero-order chi connectivity index (χ0) is 18.0. The molecule has 0 aliphatic carbocycles. The maximum Gasteiger partial charge on any atom is 0.163 e. The van der Waals surface area contributed by atoms with Gasteiger partial charge in [-0.3, -0.25) is 9.58 Å². The molecule has 7 nitrogen and oxygen atoms in total. The minimum atomic E-state index is -0.121. The van der Waals surface area contributed by atoms with Crippen molar-refractivity contribution in [2.24, 2.45) is 7.05 Å². The van der Waals surface area contributed by atoms with Gasteiger partial charge in [-0.1, -0.05) is 27.2 Å². The highest BCUT2D eigenvalue weighted by Gasteiger charge is 2.23. The second kappa shape index (κ2) is 7.25. The van der Waals surface area contributed by atoms with Gasteiger partial charge in [-0.25, -0.2) is 9.97 Å². The zero-order valence-corrected chi connectivity index (χ0v) is 15.8. The number of piperidine rings is 1. The van der Waals surface area contributed by atoms with Crippen molar-refractivity contribution in [1.82, 2.24) is 24.6 Å². The third-order valence-corrected chi connectivity index (χ3v) is 4.91. The molecule has 0 saturated carbocycles. The van der Waals surface area contributed by atoms with Gasteiger partial charge in [0, 0.05) is 31.6 Å². The number of hydrogen-bond acceptors (Lipinski definition) is 6. The van der Waals surface area contributed by atoms with Crippen molar-refractivity contribution in [3.8, 4) is 0 Å². The third kappa shape index (κ3) is 3.93. The predicted molar refractivity (Wildman–Crippen MR) is 99.8 cm³/mol. The number of likely N-dealkylation sites (tertiary alicyclic amines) is 1. The summed E-state index contributed by atoms with van der Waals surface area (Å²) in [6.07, 6.45) is 5.34. The van der Waals surface area contributed by atoms with Gasteiger partial charge in [-0.15, -0.1) is 0 Å². The molecule has 0 aromatic carbocycles. The van der Waals surface area contributed by atoms with Gasteiger partial charge < -0.3 is 10.4 Å². The van der Waals surface area contributed by atoms with Crippen LogP contribution in [-0.2, 0) is 12.5 Å². The van der Waals surface area contributed by atoms with Crippen molar-refractivity contribution in [2.45, 2.75) is 51.5 Å². The average molecular weight is 346 g/mol. The number of aromatic nitrogens is 4. The molecular formula is C18H30N6O. The largest absolute Gasteiger partial charge is 0.395 e. The van der Waals surface area contributed by atoms with Crippen molar-refractivity contribution in [3.05, 3.63) is 12.0 Å². The van der Waals surface area contributed by atoms with Gasteiger partial charge in [0.1, 0.15) is 11.6 Å². The molecule has 0 radical (unpaired) electrons. The molecule has 1 aliphatic heterocycles. The lowest BCUT2D eigenvalue weighted by atomic mass is 9.95. The Kier molecular flexibility index (Phi) is 5.24. The highest BCUT2D eigenvalue weighted by Crippen LogP contribution is 2.25. The van der Waals surface area contributed by atoms with E-state index < -0.39 is 0 Å². The van der Waals surface area contributed by atoms with E-state index in [2.05, 4.69) is 36.1 Å². The van der Waals surface area contributed by atoms with E-state index in [-0.39, 0.29) is 12.0 Å². The lowest BCUT2D eigenvalue weighted by molar-refractivity contribution is 0.0940. The molecule has 25 heavy (non-hydrogen) atoms. The summed E-state index contributed by atoms with van der Waals surface area (Å²) in [6, 6.07) is 0.296. The normalized spacial score (nSPS) is 19.5. The van der Waals surface area contributed by atoms with Gasteiger partial charge in [0.25, 0.3) is 0 Å². The zero-order valence-electron chi connectivity index (χ0n) is 15.8. The van der Waals surface area contributed by atoms with E-state index in [1.807, 2.05) is 13.2 Å². The summed E-state index contributed by atoms with van der Waals surface area (Å²) in [7, 11) is 1.91. The van der Waals surface area contributed by atoms with Gasteiger partial charge in [0.05, 0.1) is 18.2 Å². The first-order valence-electron chi connectivity index (χ1n) is 9.19. The molecule has 7 heteroatoms. The minimum Gasteiger partial charge on any atom is -0.395 e. The monoisotopic (exact) mass is 346 g/mol. The van der Waals surface area contributed by atoms with Gasteiger partial charge >= 0.3 is 0 Å². The molecule has 1 unspecified atom stereocenters. The summed E-state index contributed by atoms with van der Waals surface area (Å²) < 4.78 is 1.80. The first-order chi connectivity index (χ1) is 11.9. The third-order valence-electron chi connectivity index (χ3n) is 4.91. The van der Waals surface area contributed by atoms with Crippen LogP contribution in [0.3, 0.4) is 0 Å². The van der Waals surface area contributed by atoms with Crippen molar-refractivity contribution in [1.29, 1.82) is 0 Å². The van der Waals surface area contributed by atoms with E-state index in [0.717, 1.165) is 48.7 Å². The molecule has 2 aromatic heterocycles. The second-order valence-electron chi connectivity index (χ2n) is 7.95. The van der Waals surface area contributed by atoms with Crippen LogP contribution in [-0.4, -0.2) is 62.0 Å². The Labute approximate surface area is 149 Å². The van der Waals surface area contributed by atoms with E-state index >= 15 is 0 Å². The Morgan fingerprint density at radius 2 is 2.08 bits per heavy atom. The van der Waals surface area contributed by atoms with Crippen molar-refractivity contribution in [2.75, 3.05) is 31.6 Å². The molecule has 0 amide bonds. The summed E-state index contributed by atoms with van der Waals surface area (Å²) in [5.74, 6) is 1.66. The topological polar surface area (TPSA) is 79.1 Å².